The Balaban J connectivity index is 0.000000578. The maximum Gasteiger partial charge on any atom is 0.133 e. The Morgan fingerprint density at radius 1 is 0.354 bits per heavy atom. The van der Waals surface area contributed by atoms with Crippen molar-refractivity contribution in [2.24, 2.45) is 0 Å². The molecule has 0 saturated heterocycles. The van der Waals surface area contributed by atoms with Gasteiger partial charge in [-0.2, -0.15) is 0 Å². The van der Waals surface area contributed by atoms with Crippen molar-refractivity contribution in [2.45, 2.75) is 182 Å². The SMILES string of the molecule is CC(=N)CCCc1cc(O)ccc1[76Br].CC(=N)CCCc1cc([76Br])cc([76Br])c1O.CC(=N)CCCc1ccc([76Br])cc1.CC(=N)CCCc1cccc([76Br])c1.CC(=N)CC[C@H](O)c1cc(O)cc([18F])c1.CC(=N)CC[C@H](O)c1cc(O)ccc1[18F].CC(=N)CC[C@H](O)c1ccccc1[18F]. The summed E-state index contributed by atoms with van der Waals surface area (Å²) < 4.78 is 44.2. The molecule has 0 aliphatic rings. The maximum absolute atomic E-state index is 13.2. The van der Waals surface area contributed by atoms with E-state index in [9.17, 15) is 38.7 Å². The lowest BCUT2D eigenvalue weighted by atomic mass is 10.0. The van der Waals surface area contributed by atoms with Crippen LogP contribution in [0.25, 0.3) is 0 Å². The first-order valence-electron chi connectivity index (χ1n) is 32.2. The van der Waals surface area contributed by atoms with Gasteiger partial charge in [0, 0.05) is 75.1 Å². The molecule has 0 aromatic heterocycles. The third-order valence-corrected chi connectivity index (χ3v) is 17.1. The molecule has 0 radical (unpaired) electrons. The Bertz CT molecular complexity index is 3660. The second-order valence-corrected chi connectivity index (χ2v) is 28.4. The van der Waals surface area contributed by atoms with Crippen LogP contribution in [0.3, 0.4) is 0 Å². The van der Waals surface area contributed by atoms with E-state index in [0.29, 0.717) is 87.8 Å². The van der Waals surface area contributed by atoms with Gasteiger partial charge in [0.1, 0.15) is 40.4 Å². The molecule has 0 amide bonds. The van der Waals surface area contributed by atoms with E-state index in [-0.39, 0.29) is 29.3 Å². The van der Waals surface area contributed by atoms with E-state index in [1.54, 1.807) is 58.0 Å². The molecule has 22 heteroatoms. The van der Waals surface area contributed by atoms with Gasteiger partial charge in [0.15, 0.2) is 0 Å². The van der Waals surface area contributed by atoms with Crippen LogP contribution in [0.1, 0.15) is 196 Å². The first-order valence-corrected chi connectivity index (χ1v) is 36.2. The topological polar surface area (TPSA) is 309 Å². The standard InChI is InChI=1S/C11H13Br2NO.C11H14BrNO.2C11H14BrN.2C11H14FNO2.C11H14FNO/c1-7(14)3-2-4-8-5-9(12)6-10(13)11(8)15;1-8(13)3-2-4-9-7-10(14)5-6-11(9)12;1-9(13)4-2-5-10-6-3-7-11(12)8-10;1-9(13)3-2-4-10-5-7-11(12)8-6-10;1-7(13)2-5-11(15)9-6-8(14)3-4-10(9)12;1-7(13)2-3-11(15)8-4-9(12)6-10(14)5-8;1-8(13)6-7-11(14)9-4-2-3-5-10(9)12/h5-6,14-15H,2-4H2,1H3;5-7,13-14H,2-4H2,1H3;3,6-8,13H,2,4-5H2,1H3;5-8,13H,2-4H2,1H3;3-4,6,11,13-15H,2,5H2,1H3;4-6,11,13-15H,2-3H2,1H3;2-5,11,13-14H,6-7H2,1H3/t;;;;3*11-/m....000/s1/i12-4,13-4;3*12-4;3*12-1. The number of aryl methyl sites for hydroxylation is 4. The highest BCUT2D eigenvalue weighted by Crippen LogP contribution is 2.33. The molecule has 99 heavy (non-hydrogen) atoms. The maximum atomic E-state index is 13.2. The molecule has 7 aromatic carbocycles. The summed E-state index contributed by atoms with van der Waals surface area (Å²) in [7, 11) is 0. The number of benzene rings is 7. The van der Waals surface area contributed by atoms with Gasteiger partial charge in [-0.05, 0) is 299 Å². The molecule has 0 aliphatic heterocycles. The fourth-order valence-corrected chi connectivity index (χ4v) is 11.4. The van der Waals surface area contributed by atoms with E-state index in [1.807, 2.05) is 45.0 Å². The summed E-state index contributed by atoms with van der Waals surface area (Å²) in [6.07, 6.45) is 11.0. The van der Waals surface area contributed by atoms with Crippen LogP contribution in [0, 0.1) is 55.3 Å². The second kappa shape index (κ2) is 50.8. The van der Waals surface area contributed by atoms with Crippen molar-refractivity contribution >= 4 is 120 Å². The van der Waals surface area contributed by atoms with Crippen molar-refractivity contribution in [1.82, 2.24) is 0 Å². The molecule has 0 aliphatic carbocycles. The number of hydrogen-bond donors (Lipinski definition) is 14. The van der Waals surface area contributed by atoms with Gasteiger partial charge in [0.25, 0.3) is 0 Å². The van der Waals surface area contributed by atoms with Gasteiger partial charge in [-0.3, -0.25) is 0 Å². The van der Waals surface area contributed by atoms with Crippen LogP contribution in [0.2, 0.25) is 0 Å². The highest BCUT2D eigenvalue weighted by Gasteiger charge is 2.15. The lowest BCUT2D eigenvalue weighted by Crippen LogP contribution is -2.02. The van der Waals surface area contributed by atoms with E-state index < -0.39 is 29.9 Å². The fourth-order valence-electron chi connectivity index (χ4n) is 8.97. The van der Waals surface area contributed by atoms with E-state index in [4.69, 9.17) is 48.1 Å². The fraction of sp³-hybridized carbons (Fsp3) is 0.364. The van der Waals surface area contributed by atoms with E-state index in [1.165, 1.54) is 41.5 Å². The number of halogens is 8. The van der Waals surface area contributed by atoms with E-state index >= 15 is 0 Å². The molecular weight excluding hydrogens is 1570 g/mol. The number of phenols is 4. The Hall–Kier alpha value is -6.50. The highest BCUT2D eigenvalue weighted by atomic mass is 75.9. The molecule has 0 saturated carbocycles. The Morgan fingerprint density at radius 2 is 0.808 bits per heavy atom. The monoisotopic (exact) mass is 1670 g/mol. The van der Waals surface area contributed by atoms with E-state index in [0.717, 1.165) is 130 Å². The minimum Gasteiger partial charge on any atom is -0.508 e. The van der Waals surface area contributed by atoms with Gasteiger partial charge in [-0.15, -0.1) is 0 Å². The first-order chi connectivity index (χ1) is 46.6. The zero-order chi connectivity index (χ0) is 74.7. The number of phenolic OH excluding ortho intramolecular Hbond substituents is 4. The Morgan fingerprint density at radius 3 is 1.31 bits per heavy atom. The predicted molar refractivity (Wildman–Crippen MR) is 418 cm³/mol. The molecule has 14 N–H and O–H groups in total. The van der Waals surface area contributed by atoms with Crippen LogP contribution in [-0.2, 0) is 25.7 Å². The smallest absolute Gasteiger partial charge is 0.133 e. The quantitative estimate of drug-likeness (QED) is 0.0210. The van der Waals surface area contributed by atoms with Crippen LogP contribution in [-0.4, -0.2) is 75.7 Å². The molecule has 7 rings (SSSR count). The summed E-state index contributed by atoms with van der Waals surface area (Å²) in [5.41, 5.74) is 9.80. The average Bonchev–Trinajstić information content (AvgIpc) is 0.890. The number of aromatic hydroxyl groups is 4. The zero-order valence-electron chi connectivity index (χ0n) is 57.4. The van der Waals surface area contributed by atoms with Crippen LogP contribution in [0.15, 0.2) is 162 Å². The van der Waals surface area contributed by atoms with Gasteiger partial charge in [-0.1, -0.05) is 106 Å². The molecule has 0 bridgehead atoms. The predicted octanol–water partition coefficient (Wildman–Crippen LogP) is 22.9. The molecule has 0 spiro atoms. The Kier molecular flexibility index (Phi) is 46.4. The van der Waals surface area contributed by atoms with Crippen molar-refractivity contribution < 1.29 is 48.9 Å². The molecular formula is C77H97Br5F3N7O7. The number of nitrogens with one attached hydrogen (secondary N) is 7. The van der Waals surface area contributed by atoms with Gasteiger partial charge in [-0.25, -0.2) is 13.2 Å². The Labute approximate surface area is 625 Å². The summed E-state index contributed by atoms with van der Waals surface area (Å²) in [5.74, 6) is -1.16. The van der Waals surface area contributed by atoms with Crippen LogP contribution < -0.4 is 0 Å². The molecule has 0 fully saturated rings. The van der Waals surface area contributed by atoms with Crippen LogP contribution >= 0.6 is 79.6 Å². The lowest BCUT2D eigenvalue weighted by molar-refractivity contribution is 0.164. The molecule has 3 atom stereocenters. The molecule has 14 nitrogen and oxygen atoms in total. The summed E-state index contributed by atoms with van der Waals surface area (Å²) >= 11 is 17.0. The van der Waals surface area contributed by atoms with Gasteiger partial charge < -0.3 is 73.6 Å². The lowest BCUT2D eigenvalue weighted by Gasteiger charge is -2.11. The van der Waals surface area contributed by atoms with Crippen LogP contribution in [0.5, 0.6) is 23.0 Å². The third kappa shape index (κ3) is 43.7. The van der Waals surface area contributed by atoms with Crippen molar-refractivity contribution in [3.8, 4) is 23.0 Å². The normalized spacial score (nSPS) is 11.2. The van der Waals surface area contributed by atoms with Crippen molar-refractivity contribution in [3.63, 3.8) is 0 Å². The first kappa shape index (κ1) is 90.5. The molecule has 538 valence electrons. The van der Waals surface area contributed by atoms with Crippen molar-refractivity contribution in [3.05, 3.63) is 218 Å². The molecule has 7 aromatic rings. The highest BCUT2D eigenvalue weighted by molar-refractivity contribution is 9.11. The van der Waals surface area contributed by atoms with Crippen LogP contribution in [0.4, 0.5) is 13.2 Å². The second-order valence-electron chi connectivity index (χ2n) is 23.9. The number of aliphatic hydroxyl groups is 3. The third-order valence-electron chi connectivity index (χ3n) is 14.2. The van der Waals surface area contributed by atoms with Crippen molar-refractivity contribution in [1.29, 1.82) is 37.9 Å². The van der Waals surface area contributed by atoms with E-state index in [2.05, 4.69) is 122 Å². The van der Waals surface area contributed by atoms with Gasteiger partial charge in [0.2, 0.25) is 0 Å². The minimum atomic E-state index is -0.975. The number of aliphatic hydroxyl groups excluding tert-OH is 3. The largest absolute Gasteiger partial charge is 0.508 e. The van der Waals surface area contributed by atoms with Gasteiger partial charge >= 0.3 is 0 Å². The summed E-state index contributed by atoms with van der Waals surface area (Å²) in [5, 5.41) is 117. The average molecular weight is 1670 g/mol. The molecule has 0 unspecified atom stereocenters. The summed E-state index contributed by atoms with van der Waals surface area (Å²) in [6, 6.07) is 39.0. The van der Waals surface area contributed by atoms with Gasteiger partial charge in [0.05, 0.1) is 22.8 Å². The molecule has 0 heterocycles. The minimum absolute atomic E-state index is 0.0722. The number of hydrogen-bond acceptors (Lipinski definition) is 14. The number of rotatable bonds is 28. The summed E-state index contributed by atoms with van der Waals surface area (Å²) in [4.78, 5) is 0. The summed E-state index contributed by atoms with van der Waals surface area (Å²) in [6.45, 7) is 12.3. The van der Waals surface area contributed by atoms with Crippen molar-refractivity contribution in [2.75, 3.05) is 0 Å². The zero-order valence-corrected chi connectivity index (χ0v) is 65.3.